The van der Waals surface area contributed by atoms with Crippen molar-refractivity contribution in [1.82, 2.24) is 0 Å². The molecule has 0 bridgehead atoms. The minimum Gasteiger partial charge on any atom is -0.466 e. The Balaban J connectivity index is 4.00. The lowest BCUT2D eigenvalue weighted by Gasteiger charge is -2.00. The summed E-state index contributed by atoms with van der Waals surface area (Å²) in [5, 5.41) is 0. The van der Waals surface area contributed by atoms with Crippen molar-refractivity contribution in [3.8, 4) is 0 Å². The summed E-state index contributed by atoms with van der Waals surface area (Å²) in [5.74, 6) is -0.600. The molecule has 0 heterocycles. The van der Waals surface area contributed by atoms with Gasteiger partial charge < -0.3 is 4.74 Å². The van der Waals surface area contributed by atoms with Crippen molar-refractivity contribution < 1.29 is 14.3 Å². The van der Waals surface area contributed by atoms with E-state index in [9.17, 15) is 9.59 Å². The first-order valence-electron chi connectivity index (χ1n) is 4.47. The van der Waals surface area contributed by atoms with E-state index in [-0.39, 0.29) is 12.2 Å². The SMILES string of the molecule is CC/C=C(\C)C(=O)CC(=O)OCC. The summed E-state index contributed by atoms with van der Waals surface area (Å²) in [6.07, 6.45) is 2.47. The highest BCUT2D eigenvalue weighted by Gasteiger charge is 2.10. The lowest BCUT2D eigenvalue weighted by atomic mass is 10.1. The van der Waals surface area contributed by atoms with Gasteiger partial charge in [0, 0.05) is 0 Å². The summed E-state index contributed by atoms with van der Waals surface area (Å²) < 4.78 is 4.65. The predicted octanol–water partition coefficient (Wildman–Crippen LogP) is 1.86. The van der Waals surface area contributed by atoms with Crippen LogP contribution in [0.5, 0.6) is 0 Å². The Morgan fingerprint density at radius 3 is 2.38 bits per heavy atom. The number of allylic oxidation sites excluding steroid dienone is 2. The van der Waals surface area contributed by atoms with Gasteiger partial charge in [-0.25, -0.2) is 0 Å². The van der Waals surface area contributed by atoms with Gasteiger partial charge >= 0.3 is 5.97 Å². The van der Waals surface area contributed by atoms with E-state index in [1.54, 1.807) is 13.8 Å². The topological polar surface area (TPSA) is 43.4 Å². The fraction of sp³-hybridized carbons (Fsp3) is 0.600. The van der Waals surface area contributed by atoms with Gasteiger partial charge in [-0.05, 0) is 25.8 Å². The minimum absolute atomic E-state index is 0.143. The second-order valence-corrected chi connectivity index (χ2v) is 2.70. The third-order valence-corrected chi connectivity index (χ3v) is 1.56. The molecule has 0 aliphatic heterocycles. The number of carbonyl (C=O) groups excluding carboxylic acids is 2. The van der Waals surface area contributed by atoms with Gasteiger partial charge in [0.1, 0.15) is 6.42 Å². The monoisotopic (exact) mass is 184 g/mol. The molecule has 0 spiro atoms. The van der Waals surface area contributed by atoms with E-state index in [2.05, 4.69) is 4.74 Å². The first-order chi connectivity index (χ1) is 6.11. The van der Waals surface area contributed by atoms with Crippen LogP contribution < -0.4 is 0 Å². The van der Waals surface area contributed by atoms with Crippen molar-refractivity contribution in [3.63, 3.8) is 0 Å². The molecule has 74 valence electrons. The predicted molar refractivity (Wildman–Crippen MR) is 50.3 cm³/mol. The summed E-state index contributed by atoms with van der Waals surface area (Å²) in [6.45, 7) is 5.70. The van der Waals surface area contributed by atoms with Crippen LogP contribution in [0.4, 0.5) is 0 Å². The number of hydrogen-bond donors (Lipinski definition) is 0. The number of Topliss-reactive ketones (excluding diaryl/α,β-unsaturated/α-hetero) is 1. The molecule has 0 N–H and O–H groups in total. The number of esters is 1. The summed E-state index contributed by atoms with van der Waals surface area (Å²) in [6, 6.07) is 0. The largest absolute Gasteiger partial charge is 0.466 e. The van der Waals surface area contributed by atoms with Gasteiger partial charge in [0.2, 0.25) is 0 Å². The van der Waals surface area contributed by atoms with Crippen LogP contribution in [-0.4, -0.2) is 18.4 Å². The van der Waals surface area contributed by atoms with Crippen LogP contribution >= 0.6 is 0 Å². The molecule has 3 heteroatoms. The van der Waals surface area contributed by atoms with E-state index in [0.29, 0.717) is 12.2 Å². The lowest BCUT2D eigenvalue weighted by Crippen LogP contribution is -2.11. The van der Waals surface area contributed by atoms with Crippen LogP contribution in [0.1, 0.15) is 33.6 Å². The zero-order valence-corrected chi connectivity index (χ0v) is 8.42. The molecule has 3 nitrogen and oxygen atoms in total. The zero-order valence-electron chi connectivity index (χ0n) is 8.42. The maximum absolute atomic E-state index is 11.2. The molecule has 0 fully saturated rings. The Kier molecular flexibility index (Phi) is 5.85. The van der Waals surface area contributed by atoms with Crippen LogP contribution in [0.3, 0.4) is 0 Å². The second-order valence-electron chi connectivity index (χ2n) is 2.70. The molecule has 0 aliphatic carbocycles. The zero-order chi connectivity index (χ0) is 10.3. The number of ether oxygens (including phenoxy) is 1. The molecule has 13 heavy (non-hydrogen) atoms. The molecule has 0 aliphatic rings. The van der Waals surface area contributed by atoms with Crippen LogP contribution in [0, 0.1) is 0 Å². The van der Waals surface area contributed by atoms with Gasteiger partial charge in [0.05, 0.1) is 6.61 Å². The average molecular weight is 184 g/mol. The number of rotatable bonds is 5. The van der Waals surface area contributed by atoms with Crippen LogP contribution in [0.15, 0.2) is 11.6 Å². The van der Waals surface area contributed by atoms with Crippen molar-refractivity contribution in [2.45, 2.75) is 33.6 Å². The highest BCUT2D eigenvalue weighted by atomic mass is 16.5. The van der Waals surface area contributed by atoms with E-state index >= 15 is 0 Å². The van der Waals surface area contributed by atoms with E-state index in [0.717, 1.165) is 6.42 Å². The molecule has 0 unspecified atom stereocenters. The Labute approximate surface area is 78.8 Å². The molecule has 0 aromatic heterocycles. The van der Waals surface area contributed by atoms with Gasteiger partial charge in [-0.1, -0.05) is 13.0 Å². The average Bonchev–Trinajstić information content (AvgIpc) is 2.05. The van der Waals surface area contributed by atoms with Crippen molar-refractivity contribution in [3.05, 3.63) is 11.6 Å². The highest BCUT2D eigenvalue weighted by molar-refractivity contribution is 6.05. The molecule has 0 atom stereocenters. The van der Waals surface area contributed by atoms with Gasteiger partial charge in [-0.2, -0.15) is 0 Å². The van der Waals surface area contributed by atoms with Crippen molar-refractivity contribution in [1.29, 1.82) is 0 Å². The molecule has 0 radical (unpaired) electrons. The molecule has 0 rings (SSSR count). The number of carbonyl (C=O) groups is 2. The van der Waals surface area contributed by atoms with E-state index in [1.807, 2.05) is 13.0 Å². The molecular formula is C10H16O3. The maximum atomic E-state index is 11.2. The first kappa shape index (κ1) is 11.9. The Morgan fingerprint density at radius 1 is 1.31 bits per heavy atom. The molecule has 0 amide bonds. The Morgan fingerprint density at radius 2 is 1.92 bits per heavy atom. The number of ketones is 1. The van der Waals surface area contributed by atoms with Gasteiger partial charge in [0.25, 0.3) is 0 Å². The van der Waals surface area contributed by atoms with Gasteiger partial charge in [-0.3, -0.25) is 9.59 Å². The smallest absolute Gasteiger partial charge is 0.313 e. The number of hydrogen-bond acceptors (Lipinski definition) is 3. The van der Waals surface area contributed by atoms with E-state index < -0.39 is 5.97 Å². The van der Waals surface area contributed by atoms with Crippen LogP contribution in [0.25, 0.3) is 0 Å². The molecular weight excluding hydrogens is 168 g/mol. The molecule has 0 aromatic carbocycles. The third kappa shape index (κ3) is 5.17. The summed E-state index contributed by atoms with van der Waals surface area (Å²) in [5.41, 5.74) is 0.635. The molecule has 0 aromatic rings. The second kappa shape index (κ2) is 6.40. The van der Waals surface area contributed by atoms with Crippen molar-refractivity contribution in [2.75, 3.05) is 6.61 Å². The lowest BCUT2D eigenvalue weighted by molar-refractivity contribution is -0.144. The van der Waals surface area contributed by atoms with Gasteiger partial charge in [-0.15, -0.1) is 0 Å². The summed E-state index contributed by atoms with van der Waals surface area (Å²) >= 11 is 0. The molecule has 0 saturated carbocycles. The quantitative estimate of drug-likeness (QED) is 0.372. The normalized spacial score (nSPS) is 11.2. The van der Waals surface area contributed by atoms with Crippen LogP contribution in [-0.2, 0) is 14.3 Å². The maximum Gasteiger partial charge on any atom is 0.313 e. The first-order valence-corrected chi connectivity index (χ1v) is 4.47. The fourth-order valence-electron chi connectivity index (χ4n) is 0.903. The van der Waals surface area contributed by atoms with Crippen LogP contribution in [0.2, 0.25) is 0 Å². The highest BCUT2D eigenvalue weighted by Crippen LogP contribution is 2.01. The summed E-state index contributed by atoms with van der Waals surface area (Å²) in [7, 11) is 0. The summed E-state index contributed by atoms with van der Waals surface area (Å²) in [4.78, 5) is 22.1. The van der Waals surface area contributed by atoms with Gasteiger partial charge in [0.15, 0.2) is 5.78 Å². The van der Waals surface area contributed by atoms with E-state index in [4.69, 9.17) is 0 Å². The third-order valence-electron chi connectivity index (χ3n) is 1.56. The molecule has 0 saturated heterocycles. The van der Waals surface area contributed by atoms with E-state index in [1.165, 1.54) is 0 Å². The van der Waals surface area contributed by atoms with Crippen molar-refractivity contribution in [2.24, 2.45) is 0 Å². The Bertz CT molecular complexity index is 216. The fourth-order valence-corrected chi connectivity index (χ4v) is 0.903. The standard InChI is InChI=1S/C10H16O3/c1-4-6-8(3)9(11)7-10(12)13-5-2/h6H,4-5,7H2,1-3H3/b8-6+. The Hall–Kier alpha value is -1.12. The van der Waals surface area contributed by atoms with Crippen molar-refractivity contribution >= 4 is 11.8 Å². The minimum atomic E-state index is -0.448.